The fraction of sp³-hybridized carbons (Fsp3) is 0.424. The second-order valence-electron chi connectivity index (χ2n) is 11.6. The van der Waals surface area contributed by atoms with Crippen LogP contribution in [0.15, 0.2) is 77.7 Å². The third-order valence-corrected chi connectivity index (χ3v) is 8.55. The summed E-state index contributed by atoms with van der Waals surface area (Å²) in [7, 11) is 0. The van der Waals surface area contributed by atoms with Gasteiger partial charge in [0.1, 0.15) is 0 Å². The van der Waals surface area contributed by atoms with Gasteiger partial charge in [-0.3, -0.25) is 14.4 Å². The van der Waals surface area contributed by atoms with E-state index >= 15 is 0 Å². The van der Waals surface area contributed by atoms with E-state index in [1.165, 1.54) is 10.6 Å². The number of aliphatic hydroxyl groups excluding tert-OH is 1. The summed E-state index contributed by atoms with van der Waals surface area (Å²) in [6.07, 6.45) is 3.31. The Hall–Kier alpha value is -3.75. The molecular formula is C33H39N3O5. The van der Waals surface area contributed by atoms with Gasteiger partial charge in [0.25, 0.3) is 11.5 Å². The lowest BCUT2D eigenvalue weighted by Crippen LogP contribution is -2.50. The average Bonchev–Trinajstić information content (AvgIpc) is 2.99. The van der Waals surface area contributed by atoms with Gasteiger partial charge < -0.3 is 24.6 Å². The summed E-state index contributed by atoms with van der Waals surface area (Å²) < 4.78 is 1.44. The minimum atomic E-state index is -1.17. The summed E-state index contributed by atoms with van der Waals surface area (Å²) in [6, 6.07) is 20.8. The first kappa shape index (κ1) is 28.8. The topological polar surface area (TPSA) is 103 Å². The van der Waals surface area contributed by atoms with Gasteiger partial charge >= 0.3 is 0 Å². The Morgan fingerprint density at radius 3 is 2.17 bits per heavy atom. The summed E-state index contributed by atoms with van der Waals surface area (Å²) in [6.45, 7) is 3.81. The van der Waals surface area contributed by atoms with Crippen molar-refractivity contribution in [2.24, 2.45) is 0 Å². The van der Waals surface area contributed by atoms with Gasteiger partial charge in [0, 0.05) is 50.4 Å². The molecule has 2 aromatic carbocycles. The first-order valence-corrected chi connectivity index (χ1v) is 14.5. The lowest BCUT2D eigenvalue weighted by atomic mass is 9.90. The summed E-state index contributed by atoms with van der Waals surface area (Å²) >= 11 is 0. The van der Waals surface area contributed by atoms with E-state index in [0.717, 1.165) is 11.1 Å². The number of amides is 2. The minimum Gasteiger partial charge on any atom is -0.393 e. The van der Waals surface area contributed by atoms with E-state index < -0.39 is 11.7 Å². The third kappa shape index (κ3) is 6.77. The average molecular weight is 558 g/mol. The second-order valence-corrected chi connectivity index (χ2v) is 11.6. The molecule has 1 atom stereocenters. The molecule has 8 nitrogen and oxygen atoms in total. The zero-order valence-electron chi connectivity index (χ0n) is 23.6. The number of benzene rings is 2. The van der Waals surface area contributed by atoms with Crippen molar-refractivity contribution < 1.29 is 19.8 Å². The van der Waals surface area contributed by atoms with Crippen LogP contribution >= 0.6 is 0 Å². The monoisotopic (exact) mass is 557 g/mol. The van der Waals surface area contributed by atoms with Gasteiger partial charge in [0.2, 0.25) is 5.91 Å². The van der Waals surface area contributed by atoms with Crippen molar-refractivity contribution >= 4 is 11.8 Å². The standard InChI is InChI=1S/C33H39N3O5/c1-24(25-8-4-2-5-9-25)20-30(38)34-18-14-33(41,15-19-34)23-36-22-29(32(40)35-16-12-27(37)13-17-35)28(21-31(36)39)26-10-6-3-7-11-26/h2-11,21-22,24,27,37,41H,12-20,23H2,1H3/t24-/m1/s1. The molecule has 0 aliphatic carbocycles. The van der Waals surface area contributed by atoms with Crippen LogP contribution in [0.5, 0.6) is 0 Å². The number of carbonyl (C=O) groups is 2. The molecule has 5 rings (SSSR count). The zero-order chi connectivity index (χ0) is 29.0. The van der Waals surface area contributed by atoms with Crippen LogP contribution in [0.3, 0.4) is 0 Å². The molecule has 2 amide bonds. The van der Waals surface area contributed by atoms with Crippen molar-refractivity contribution in [2.45, 2.75) is 63.2 Å². The number of nitrogens with zero attached hydrogens (tertiary/aromatic N) is 3. The molecule has 216 valence electrons. The van der Waals surface area contributed by atoms with Crippen LogP contribution in [0.4, 0.5) is 0 Å². The molecule has 0 bridgehead atoms. The van der Waals surface area contributed by atoms with E-state index in [-0.39, 0.29) is 29.8 Å². The Labute approximate surface area is 240 Å². The number of aliphatic hydroxyl groups is 2. The number of hydrogen-bond donors (Lipinski definition) is 2. The molecule has 8 heteroatoms. The highest BCUT2D eigenvalue weighted by molar-refractivity contribution is 6.00. The van der Waals surface area contributed by atoms with Crippen LogP contribution in [0.25, 0.3) is 11.1 Å². The largest absolute Gasteiger partial charge is 0.393 e. The van der Waals surface area contributed by atoms with Crippen molar-refractivity contribution in [1.82, 2.24) is 14.4 Å². The molecule has 0 unspecified atom stereocenters. The summed E-state index contributed by atoms with van der Waals surface area (Å²) in [5.74, 6) is -0.0258. The van der Waals surface area contributed by atoms with Crippen molar-refractivity contribution in [2.75, 3.05) is 26.2 Å². The summed E-state index contributed by atoms with van der Waals surface area (Å²) in [5, 5.41) is 21.4. The minimum absolute atomic E-state index is 0.0440. The zero-order valence-corrected chi connectivity index (χ0v) is 23.6. The predicted octanol–water partition coefficient (Wildman–Crippen LogP) is 3.66. The Balaban J connectivity index is 1.31. The van der Waals surface area contributed by atoms with Gasteiger partial charge in [-0.15, -0.1) is 0 Å². The molecule has 2 N–H and O–H groups in total. The molecule has 3 aromatic rings. The molecule has 2 fully saturated rings. The van der Waals surface area contributed by atoms with Crippen molar-refractivity contribution in [3.63, 3.8) is 0 Å². The fourth-order valence-electron chi connectivity index (χ4n) is 5.90. The Kier molecular flexibility index (Phi) is 8.71. The molecule has 41 heavy (non-hydrogen) atoms. The van der Waals surface area contributed by atoms with E-state index in [9.17, 15) is 24.6 Å². The van der Waals surface area contributed by atoms with Crippen molar-refractivity contribution in [3.05, 3.63) is 94.4 Å². The maximum atomic E-state index is 13.7. The SMILES string of the molecule is C[C@H](CC(=O)N1CCC(O)(Cn2cc(C(=O)N3CCC(O)CC3)c(-c3ccccc3)cc2=O)CC1)c1ccccc1. The van der Waals surface area contributed by atoms with Crippen molar-refractivity contribution in [1.29, 1.82) is 0 Å². The lowest BCUT2D eigenvalue weighted by Gasteiger charge is -2.39. The smallest absolute Gasteiger partial charge is 0.255 e. The number of likely N-dealkylation sites (tertiary alicyclic amines) is 2. The molecule has 2 aliphatic rings. The molecule has 1 aromatic heterocycles. The highest BCUT2D eigenvalue weighted by atomic mass is 16.3. The maximum absolute atomic E-state index is 13.7. The number of rotatable bonds is 7. The summed E-state index contributed by atoms with van der Waals surface area (Å²) in [5.41, 5.74) is 1.39. The maximum Gasteiger partial charge on any atom is 0.255 e. The fourth-order valence-corrected chi connectivity index (χ4v) is 5.90. The van der Waals surface area contributed by atoms with E-state index in [1.54, 1.807) is 16.0 Å². The van der Waals surface area contributed by atoms with E-state index in [1.807, 2.05) is 67.6 Å². The number of pyridine rings is 1. The van der Waals surface area contributed by atoms with Gasteiger partial charge in [-0.25, -0.2) is 0 Å². The molecule has 0 saturated carbocycles. The first-order chi connectivity index (χ1) is 19.7. The number of hydrogen-bond acceptors (Lipinski definition) is 5. The van der Waals surface area contributed by atoms with Gasteiger partial charge in [-0.05, 0) is 42.7 Å². The van der Waals surface area contributed by atoms with Crippen LogP contribution < -0.4 is 5.56 Å². The number of piperidine rings is 2. The Morgan fingerprint density at radius 1 is 0.927 bits per heavy atom. The molecule has 3 heterocycles. The second kappa shape index (κ2) is 12.4. The first-order valence-electron chi connectivity index (χ1n) is 14.5. The summed E-state index contributed by atoms with van der Waals surface area (Å²) in [4.78, 5) is 43.5. The normalized spacial score (nSPS) is 18.2. The van der Waals surface area contributed by atoms with Crippen LogP contribution in [0, 0.1) is 0 Å². The van der Waals surface area contributed by atoms with Crippen LogP contribution in [0.2, 0.25) is 0 Å². The molecule has 2 saturated heterocycles. The highest BCUT2D eigenvalue weighted by Gasteiger charge is 2.35. The quantitative estimate of drug-likeness (QED) is 0.462. The van der Waals surface area contributed by atoms with Crippen molar-refractivity contribution in [3.8, 4) is 11.1 Å². The predicted molar refractivity (Wildman–Crippen MR) is 158 cm³/mol. The van der Waals surface area contributed by atoms with E-state index in [2.05, 4.69) is 0 Å². The van der Waals surface area contributed by atoms with Gasteiger partial charge in [0.15, 0.2) is 0 Å². The van der Waals surface area contributed by atoms with E-state index in [0.29, 0.717) is 69.4 Å². The van der Waals surface area contributed by atoms with Gasteiger partial charge in [-0.1, -0.05) is 67.6 Å². The van der Waals surface area contributed by atoms with E-state index in [4.69, 9.17) is 0 Å². The number of carbonyl (C=O) groups excluding carboxylic acids is 2. The van der Waals surface area contributed by atoms with Gasteiger partial charge in [-0.2, -0.15) is 0 Å². The van der Waals surface area contributed by atoms with Crippen LogP contribution in [-0.2, 0) is 11.3 Å². The highest BCUT2D eigenvalue weighted by Crippen LogP contribution is 2.29. The molecule has 0 spiro atoms. The molecular weight excluding hydrogens is 518 g/mol. The Bertz CT molecular complexity index is 1410. The lowest BCUT2D eigenvalue weighted by molar-refractivity contribution is -0.136. The Morgan fingerprint density at radius 2 is 1.54 bits per heavy atom. The molecule has 2 aliphatic heterocycles. The number of aromatic nitrogens is 1. The third-order valence-electron chi connectivity index (χ3n) is 8.55. The van der Waals surface area contributed by atoms with Crippen LogP contribution in [-0.4, -0.2) is 74.3 Å². The van der Waals surface area contributed by atoms with Gasteiger partial charge in [0.05, 0.1) is 23.8 Å². The van der Waals surface area contributed by atoms with Crippen LogP contribution in [0.1, 0.15) is 60.9 Å². The molecule has 0 radical (unpaired) electrons.